The molecular weight excluding hydrogens is 356 g/mol. The second kappa shape index (κ2) is 6.95. The molecule has 0 heterocycles. The smallest absolute Gasteiger partial charge is 0.133 e. The molecule has 18 heavy (non-hydrogen) atoms. The number of alkyl halides is 1. The second-order valence-corrected chi connectivity index (χ2v) is 7.65. The van der Waals surface area contributed by atoms with Crippen LogP contribution in [0.3, 0.4) is 0 Å². The van der Waals surface area contributed by atoms with E-state index in [-0.39, 0.29) is 0 Å². The number of hydrogen-bond acceptors (Lipinski definition) is 1. The van der Waals surface area contributed by atoms with Crippen LogP contribution in [0.1, 0.15) is 50.9 Å². The quantitative estimate of drug-likeness (QED) is 0.562. The van der Waals surface area contributed by atoms with Crippen molar-refractivity contribution in [3.63, 3.8) is 0 Å². The van der Waals surface area contributed by atoms with Crippen molar-refractivity contribution in [3.05, 3.63) is 28.2 Å². The Balaban J connectivity index is 2.69. The highest BCUT2D eigenvalue weighted by Crippen LogP contribution is 2.36. The first kappa shape index (κ1) is 16.0. The monoisotopic (exact) mass is 376 g/mol. The van der Waals surface area contributed by atoms with Gasteiger partial charge in [0.1, 0.15) is 5.75 Å². The van der Waals surface area contributed by atoms with Crippen molar-refractivity contribution in [3.8, 4) is 5.75 Å². The van der Waals surface area contributed by atoms with Gasteiger partial charge in [-0.25, -0.2) is 0 Å². The van der Waals surface area contributed by atoms with Crippen LogP contribution < -0.4 is 4.74 Å². The SMILES string of the molecule is CCOc1ccc(C(Br)CCC(C)(C)C)cc1Br. The standard InChI is InChI=1S/C15H22Br2O/c1-5-18-14-7-6-11(10-13(14)17)12(16)8-9-15(2,3)4/h6-7,10,12H,5,8-9H2,1-4H3. The summed E-state index contributed by atoms with van der Waals surface area (Å²) in [5, 5.41) is 0. The van der Waals surface area contributed by atoms with Gasteiger partial charge in [-0.05, 0) is 58.8 Å². The van der Waals surface area contributed by atoms with Crippen molar-refractivity contribution in [1.82, 2.24) is 0 Å². The third kappa shape index (κ3) is 5.31. The zero-order valence-corrected chi connectivity index (χ0v) is 14.8. The molecule has 1 unspecified atom stereocenters. The number of hydrogen-bond donors (Lipinski definition) is 0. The summed E-state index contributed by atoms with van der Waals surface area (Å²) in [7, 11) is 0. The van der Waals surface area contributed by atoms with Crippen molar-refractivity contribution in [2.75, 3.05) is 6.61 Å². The molecule has 1 rings (SSSR count). The van der Waals surface area contributed by atoms with Gasteiger partial charge in [0, 0.05) is 4.83 Å². The maximum atomic E-state index is 5.52. The van der Waals surface area contributed by atoms with Gasteiger partial charge in [0.05, 0.1) is 11.1 Å². The van der Waals surface area contributed by atoms with Gasteiger partial charge < -0.3 is 4.74 Å². The predicted octanol–water partition coefficient (Wildman–Crippen LogP) is 6.11. The summed E-state index contributed by atoms with van der Waals surface area (Å²) in [6.45, 7) is 9.53. The van der Waals surface area contributed by atoms with Crippen LogP contribution in [-0.4, -0.2) is 6.61 Å². The van der Waals surface area contributed by atoms with Crippen LogP contribution in [0.15, 0.2) is 22.7 Å². The minimum atomic E-state index is 0.383. The summed E-state index contributed by atoms with van der Waals surface area (Å²) >= 11 is 7.34. The van der Waals surface area contributed by atoms with Crippen LogP contribution in [0.4, 0.5) is 0 Å². The Kier molecular flexibility index (Phi) is 6.19. The molecule has 0 aliphatic heterocycles. The molecule has 102 valence electrons. The summed E-state index contributed by atoms with van der Waals surface area (Å²) < 4.78 is 6.55. The Bertz CT molecular complexity index is 383. The lowest BCUT2D eigenvalue weighted by atomic mass is 9.89. The third-order valence-electron chi connectivity index (χ3n) is 2.77. The molecule has 0 aliphatic rings. The Labute approximate surface area is 128 Å². The molecule has 3 heteroatoms. The van der Waals surface area contributed by atoms with E-state index in [1.54, 1.807) is 0 Å². The fourth-order valence-corrected chi connectivity index (χ4v) is 2.74. The van der Waals surface area contributed by atoms with Crippen molar-refractivity contribution < 1.29 is 4.74 Å². The largest absolute Gasteiger partial charge is 0.493 e. The van der Waals surface area contributed by atoms with Gasteiger partial charge in [-0.15, -0.1) is 0 Å². The first-order valence-corrected chi connectivity index (χ1v) is 8.10. The van der Waals surface area contributed by atoms with Crippen LogP contribution in [0.5, 0.6) is 5.75 Å². The zero-order chi connectivity index (χ0) is 13.8. The minimum Gasteiger partial charge on any atom is -0.493 e. The van der Waals surface area contributed by atoms with E-state index in [2.05, 4.69) is 64.8 Å². The van der Waals surface area contributed by atoms with Gasteiger partial charge in [-0.3, -0.25) is 0 Å². The minimum absolute atomic E-state index is 0.383. The zero-order valence-electron chi connectivity index (χ0n) is 11.6. The molecule has 0 fully saturated rings. The average molecular weight is 378 g/mol. The molecule has 0 aromatic heterocycles. The highest BCUT2D eigenvalue weighted by atomic mass is 79.9. The topological polar surface area (TPSA) is 9.23 Å². The van der Waals surface area contributed by atoms with E-state index >= 15 is 0 Å². The van der Waals surface area contributed by atoms with E-state index < -0.39 is 0 Å². The third-order valence-corrected chi connectivity index (χ3v) is 4.37. The van der Waals surface area contributed by atoms with Gasteiger partial charge in [0.2, 0.25) is 0 Å². The summed E-state index contributed by atoms with van der Waals surface area (Å²) in [6, 6.07) is 6.32. The number of rotatable bonds is 5. The van der Waals surface area contributed by atoms with Crippen molar-refractivity contribution in [2.45, 2.75) is 45.4 Å². The Morgan fingerprint density at radius 1 is 1.28 bits per heavy atom. The number of benzene rings is 1. The van der Waals surface area contributed by atoms with Crippen molar-refractivity contribution >= 4 is 31.9 Å². The van der Waals surface area contributed by atoms with Gasteiger partial charge in [-0.1, -0.05) is 42.8 Å². The molecular formula is C15H22Br2O. The van der Waals surface area contributed by atoms with Crippen molar-refractivity contribution in [1.29, 1.82) is 0 Å². The van der Waals surface area contributed by atoms with Gasteiger partial charge in [-0.2, -0.15) is 0 Å². The molecule has 0 aliphatic carbocycles. The lowest BCUT2D eigenvalue weighted by Gasteiger charge is -2.20. The first-order valence-electron chi connectivity index (χ1n) is 6.40. The Morgan fingerprint density at radius 3 is 2.44 bits per heavy atom. The maximum Gasteiger partial charge on any atom is 0.133 e. The summed E-state index contributed by atoms with van der Waals surface area (Å²) in [4.78, 5) is 0.406. The average Bonchev–Trinajstić information content (AvgIpc) is 2.28. The first-order chi connectivity index (χ1) is 8.33. The molecule has 0 amide bonds. The predicted molar refractivity (Wildman–Crippen MR) is 85.7 cm³/mol. The van der Waals surface area contributed by atoms with E-state index in [0.29, 0.717) is 16.8 Å². The molecule has 1 aromatic rings. The van der Waals surface area contributed by atoms with E-state index in [1.807, 2.05) is 13.0 Å². The molecule has 1 aromatic carbocycles. The Morgan fingerprint density at radius 2 is 1.94 bits per heavy atom. The van der Waals surface area contributed by atoms with Crippen LogP contribution in [-0.2, 0) is 0 Å². The molecule has 0 N–H and O–H groups in total. The molecule has 0 radical (unpaired) electrons. The number of ether oxygens (including phenoxy) is 1. The lowest BCUT2D eigenvalue weighted by Crippen LogP contribution is -2.06. The van der Waals surface area contributed by atoms with Gasteiger partial charge in [0.15, 0.2) is 0 Å². The maximum absolute atomic E-state index is 5.52. The molecule has 0 spiro atoms. The molecule has 1 nitrogen and oxygen atoms in total. The van der Waals surface area contributed by atoms with E-state index in [0.717, 1.165) is 16.6 Å². The van der Waals surface area contributed by atoms with Crippen LogP contribution >= 0.6 is 31.9 Å². The molecule has 0 saturated heterocycles. The molecule has 0 bridgehead atoms. The van der Waals surface area contributed by atoms with Gasteiger partial charge in [0.25, 0.3) is 0 Å². The Hall–Kier alpha value is -0.0200. The van der Waals surface area contributed by atoms with Crippen LogP contribution in [0.2, 0.25) is 0 Å². The second-order valence-electron chi connectivity index (χ2n) is 5.69. The van der Waals surface area contributed by atoms with Gasteiger partial charge >= 0.3 is 0 Å². The molecule has 1 atom stereocenters. The highest BCUT2D eigenvalue weighted by molar-refractivity contribution is 9.10. The lowest BCUT2D eigenvalue weighted by molar-refractivity contribution is 0.338. The van der Waals surface area contributed by atoms with E-state index in [4.69, 9.17) is 4.74 Å². The van der Waals surface area contributed by atoms with Crippen molar-refractivity contribution in [2.24, 2.45) is 5.41 Å². The fraction of sp³-hybridized carbons (Fsp3) is 0.600. The van der Waals surface area contributed by atoms with E-state index in [9.17, 15) is 0 Å². The molecule has 0 saturated carbocycles. The normalized spacial score (nSPS) is 13.4. The highest BCUT2D eigenvalue weighted by Gasteiger charge is 2.15. The summed E-state index contributed by atoms with van der Waals surface area (Å²) in [5.41, 5.74) is 1.68. The number of halogens is 2. The summed E-state index contributed by atoms with van der Waals surface area (Å²) in [6.07, 6.45) is 2.34. The van der Waals surface area contributed by atoms with Crippen LogP contribution in [0, 0.1) is 5.41 Å². The van der Waals surface area contributed by atoms with E-state index in [1.165, 1.54) is 12.0 Å². The summed E-state index contributed by atoms with van der Waals surface area (Å²) in [5.74, 6) is 0.914. The van der Waals surface area contributed by atoms with Crippen LogP contribution in [0.25, 0.3) is 0 Å². The fourth-order valence-electron chi connectivity index (χ4n) is 1.71.